The fraction of sp³-hybridized carbons (Fsp3) is 0.881. The molecule has 3 unspecified atom stereocenters. The van der Waals surface area contributed by atoms with Crippen LogP contribution in [-0.4, -0.2) is 74.4 Å². The van der Waals surface area contributed by atoms with Crippen LogP contribution in [0.2, 0.25) is 0 Å². The van der Waals surface area contributed by atoms with Gasteiger partial charge < -0.3 is 33.3 Å². The van der Waals surface area contributed by atoms with Gasteiger partial charge in [0, 0.05) is 37.5 Å². The highest BCUT2D eigenvalue weighted by Gasteiger charge is 2.22. The minimum atomic E-state index is -0.389. The zero-order valence-corrected chi connectivity index (χ0v) is 47.6. The molecule has 0 spiro atoms. The number of ether oxygens (including phenoxy) is 5. The van der Waals surface area contributed by atoms with E-state index in [-0.39, 0.29) is 92.3 Å². The predicted octanol–water partition coefficient (Wildman–Crippen LogP) is 15.4. The second kappa shape index (κ2) is 54.5. The third-order valence-electron chi connectivity index (χ3n) is 12.3. The highest BCUT2D eigenvalue weighted by molar-refractivity contribution is 5.77. The number of hydrogen-bond acceptors (Lipinski definition) is 12. The van der Waals surface area contributed by atoms with Gasteiger partial charge in [-0.1, -0.05) is 190 Å². The van der Waals surface area contributed by atoms with Gasteiger partial charge in [-0.2, -0.15) is 0 Å². The Balaban J connectivity index is -0.00000125. The van der Waals surface area contributed by atoms with Gasteiger partial charge in [0.1, 0.15) is 11.6 Å². The summed E-state index contributed by atoms with van der Waals surface area (Å²) < 4.78 is 27.1. The van der Waals surface area contributed by atoms with Crippen molar-refractivity contribution in [3.8, 4) is 0 Å². The van der Waals surface area contributed by atoms with Gasteiger partial charge in [0.2, 0.25) is 0 Å². The number of ketones is 2. The van der Waals surface area contributed by atoms with Gasteiger partial charge >= 0.3 is 29.8 Å². The molecule has 71 heavy (non-hydrogen) atoms. The van der Waals surface area contributed by atoms with Gasteiger partial charge in [-0.05, 0) is 64.7 Å². The van der Waals surface area contributed by atoms with E-state index in [2.05, 4.69) is 48.5 Å². The third kappa shape index (κ3) is 59.1. The molecule has 0 saturated heterocycles. The number of carbonyl (C=O) groups excluding carboxylic acids is 7. The van der Waals surface area contributed by atoms with E-state index in [0.29, 0.717) is 44.3 Å². The van der Waals surface area contributed by atoms with E-state index in [0.717, 1.165) is 89.9 Å². The fourth-order valence-electron chi connectivity index (χ4n) is 7.51. The van der Waals surface area contributed by atoms with Crippen LogP contribution in [0.5, 0.6) is 0 Å². The van der Waals surface area contributed by atoms with Crippen molar-refractivity contribution in [3.63, 3.8) is 0 Å². The van der Waals surface area contributed by atoms with E-state index in [1.807, 2.05) is 0 Å². The molecule has 12 nitrogen and oxygen atoms in total. The lowest BCUT2D eigenvalue weighted by Gasteiger charge is -2.18. The molecule has 0 heterocycles. The summed E-state index contributed by atoms with van der Waals surface area (Å²) in [5.74, 6) is -0.933. The van der Waals surface area contributed by atoms with Crippen LogP contribution >= 0.6 is 0 Å². The molecule has 0 rings (SSSR count). The maximum atomic E-state index is 12.5. The summed E-state index contributed by atoms with van der Waals surface area (Å²) in [4.78, 5) is 81.8. The van der Waals surface area contributed by atoms with Crippen molar-refractivity contribution in [2.24, 2.45) is 23.7 Å². The third-order valence-corrected chi connectivity index (χ3v) is 12.3. The van der Waals surface area contributed by atoms with E-state index in [1.165, 1.54) is 104 Å². The van der Waals surface area contributed by atoms with Crippen LogP contribution in [0, 0.1) is 23.7 Å². The predicted molar refractivity (Wildman–Crippen MR) is 288 cm³/mol. The zero-order valence-electron chi connectivity index (χ0n) is 47.6. The molecule has 0 aromatic rings. The molecule has 12 heteroatoms. The van der Waals surface area contributed by atoms with E-state index in [4.69, 9.17) is 23.7 Å². The van der Waals surface area contributed by atoms with Crippen LogP contribution in [0.1, 0.15) is 281 Å². The first-order valence-corrected chi connectivity index (χ1v) is 28.8. The summed E-state index contributed by atoms with van der Waals surface area (Å²) >= 11 is 0. The van der Waals surface area contributed by atoms with Crippen LogP contribution in [0.4, 0.5) is 0 Å². The Bertz CT molecular complexity index is 1260. The Morgan fingerprint density at radius 3 is 1.03 bits per heavy atom. The zero-order chi connectivity index (χ0) is 53.8. The van der Waals surface area contributed by atoms with Crippen LogP contribution in [-0.2, 0) is 57.2 Å². The summed E-state index contributed by atoms with van der Waals surface area (Å²) in [5, 5.41) is 0. The first-order chi connectivity index (χ1) is 34.0. The van der Waals surface area contributed by atoms with Crippen molar-refractivity contribution in [3.05, 3.63) is 0 Å². The molecular formula is C59H110O12. The Labute approximate surface area is 435 Å². The Morgan fingerprint density at radius 1 is 0.338 bits per heavy atom. The van der Waals surface area contributed by atoms with Crippen molar-refractivity contribution < 1.29 is 57.2 Å². The molecule has 0 saturated carbocycles. The second-order valence-electron chi connectivity index (χ2n) is 20.4. The van der Waals surface area contributed by atoms with Crippen LogP contribution < -0.4 is 0 Å². The normalized spacial score (nSPS) is 12.0. The molecule has 0 aliphatic heterocycles. The molecule has 0 aliphatic rings. The Kier molecular flexibility index (Phi) is 55.2. The maximum Gasteiger partial charge on any atom is 0.306 e. The average molecular weight is 1010 g/mol. The molecule has 0 fully saturated rings. The van der Waals surface area contributed by atoms with Crippen molar-refractivity contribution in [2.45, 2.75) is 281 Å². The molecule has 0 radical (unpaired) electrons. The van der Waals surface area contributed by atoms with Gasteiger partial charge in [0.25, 0.3) is 0 Å². The summed E-state index contributed by atoms with van der Waals surface area (Å²) in [7, 11) is 0. The molecule has 3 atom stereocenters. The van der Waals surface area contributed by atoms with Crippen LogP contribution in [0.15, 0.2) is 0 Å². The number of Topliss-reactive ketones (excluding diaryl/α,β-unsaturated/α-hetero) is 2. The summed E-state index contributed by atoms with van der Waals surface area (Å²) in [6.45, 7) is 20.9. The molecule has 418 valence electrons. The molecule has 0 amide bonds. The van der Waals surface area contributed by atoms with E-state index in [1.54, 1.807) is 0 Å². The Morgan fingerprint density at radius 2 is 0.648 bits per heavy atom. The smallest absolute Gasteiger partial charge is 0.306 e. The minimum Gasteiger partial charge on any atom is -0.466 e. The lowest BCUT2D eigenvalue weighted by molar-refractivity contribution is -0.155. The molecule has 0 aliphatic carbocycles. The monoisotopic (exact) mass is 1010 g/mol. The number of esters is 5. The van der Waals surface area contributed by atoms with Gasteiger partial charge in [-0.15, -0.1) is 0 Å². The number of unbranched alkanes of at least 4 members (excludes halogenated alkanes) is 20. The number of hydrogen-bond donors (Lipinski definition) is 0. The highest BCUT2D eigenvalue weighted by atomic mass is 16.6. The molecule has 0 aromatic heterocycles. The summed E-state index contributed by atoms with van der Waals surface area (Å²) in [5.41, 5.74) is 0. The first-order valence-electron chi connectivity index (χ1n) is 28.8. The minimum absolute atomic E-state index is 0.00861. The fourth-order valence-corrected chi connectivity index (χ4v) is 7.51. The van der Waals surface area contributed by atoms with Crippen LogP contribution in [0.25, 0.3) is 0 Å². The van der Waals surface area contributed by atoms with Gasteiger partial charge in [-0.3, -0.25) is 24.0 Å². The SMILES string of the molecule is CC(C)=O.CCCCCCCCC(=O)OCC(COC(=O)CCCCCCCC)CC(=O)OCC(C)CCC(C)CC.CCCCCCCCOC(=O)CC(COC(=O)CCCCCCCC)CC(C)=O. The van der Waals surface area contributed by atoms with Crippen molar-refractivity contribution in [1.82, 2.24) is 0 Å². The largest absolute Gasteiger partial charge is 0.466 e. The average Bonchev–Trinajstić information content (AvgIpc) is 3.32. The van der Waals surface area contributed by atoms with Gasteiger partial charge in [0.05, 0.1) is 45.9 Å². The maximum absolute atomic E-state index is 12.5. The number of carbonyl (C=O) groups is 7. The quantitative estimate of drug-likeness (QED) is 0.0322. The summed E-state index contributed by atoms with van der Waals surface area (Å²) in [6, 6.07) is 0. The van der Waals surface area contributed by atoms with E-state index in [9.17, 15) is 33.6 Å². The number of rotatable bonds is 46. The lowest BCUT2D eigenvalue weighted by Crippen LogP contribution is -2.25. The van der Waals surface area contributed by atoms with Gasteiger partial charge in [0.15, 0.2) is 0 Å². The molecule has 0 N–H and O–H groups in total. The standard InChI is InChI=1S/C32H60O6.C24H44O5.C3H6O/c1-6-9-11-13-15-17-19-30(33)37-25-29(26-38-31(34)20-18-16-14-12-10-7-2)23-32(35)36-24-28(5)22-21-27(4)8-3;1-4-6-8-10-12-14-16-23(26)29-20-22(18-21(3)25)19-24(27)28-17-15-13-11-9-7-5-2;1-3(2)4/h27-29H,6-26H2,1-5H3;22H,4-20H2,1-3H3;1-2H3. The van der Waals surface area contributed by atoms with E-state index >= 15 is 0 Å². The van der Waals surface area contributed by atoms with Crippen molar-refractivity contribution in [1.29, 1.82) is 0 Å². The van der Waals surface area contributed by atoms with Crippen LogP contribution in [0.3, 0.4) is 0 Å². The van der Waals surface area contributed by atoms with Crippen molar-refractivity contribution in [2.75, 3.05) is 33.0 Å². The Hall–Kier alpha value is -3.31. The highest BCUT2D eigenvalue weighted by Crippen LogP contribution is 2.18. The summed E-state index contributed by atoms with van der Waals surface area (Å²) in [6.07, 6.45) is 31.7. The second-order valence-corrected chi connectivity index (χ2v) is 20.4. The lowest BCUT2D eigenvalue weighted by atomic mass is 9.97. The first kappa shape index (κ1) is 71.9. The molecule has 0 bridgehead atoms. The van der Waals surface area contributed by atoms with Crippen molar-refractivity contribution >= 4 is 41.4 Å². The molecular weight excluding hydrogens is 901 g/mol. The topological polar surface area (TPSA) is 166 Å². The van der Waals surface area contributed by atoms with Gasteiger partial charge in [-0.25, -0.2) is 0 Å². The molecule has 0 aromatic carbocycles. The van der Waals surface area contributed by atoms with E-state index < -0.39 is 0 Å².